The quantitative estimate of drug-likeness (QED) is 0.774. The van der Waals surface area contributed by atoms with Gasteiger partial charge in [0, 0.05) is 6.20 Å². The molecular formula is C6H6F2IN3O2S. The Morgan fingerprint density at radius 2 is 2.00 bits per heavy atom. The summed E-state index contributed by atoms with van der Waals surface area (Å²) in [5.41, 5.74) is 4.33. The van der Waals surface area contributed by atoms with E-state index in [1.165, 1.54) is 0 Å². The number of nitrogen functional groups attached to an aromatic ring is 1. The van der Waals surface area contributed by atoms with Gasteiger partial charge in [-0.25, -0.2) is 27.3 Å². The van der Waals surface area contributed by atoms with E-state index in [0.717, 1.165) is 6.20 Å². The van der Waals surface area contributed by atoms with Gasteiger partial charge in [-0.2, -0.15) is 0 Å². The second kappa shape index (κ2) is 4.14. The molecule has 1 heterocycles. The number of aromatic nitrogens is 1. The van der Waals surface area contributed by atoms with Crippen LogP contribution in [0, 0.1) is 3.57 Å². The van der Waals surface area contributed by atoms with Crippen LogP contribution in [-0.4, -0.2) is 13.4 Å². The zero-order chi connectivity index (χ0) is 11.8. The van der Waals surface area contributed by atoms with Crippen molar-refractivity contribution in [1.29, 1.82) is 0 Å². The third-order valence-electron chi connectivity index (χ3n) is 1.56. The standard InChI is InChI=1S/C6H6F2IN3O2S/c7-5(8)3-4(15(11,13)14)2(9)1-12-6(3)10/h1,5H,(H2,10,12)(H2,11,13,14). The van der Waals surface area contributed by atoms with Gasteiger partial charge in [-0.05, 0) is 22.6 Å². The molecule has 0 aliphatic carbocycles. The van der Waals surface area contributed by atoms with Crippen molar-refractivity contribution in [2.75, 3.05) is 5.73 Å². The topological polar surface area (TPSA) is 99.1 Å². The van der Waals surface area contributed by atoms with Crippen LogP contribution >= 0.6 is 22.6 Å². The number of nitrogens with zero attached hydrogens (tertiary/aromatic N) is 1. The predicted octanol–water partition coefficient (Wildman–Crippen LogP) is 0.853. The Morgan fingerprint density at radius 3 is 2.33 bits per heavy atom. The van der Waals surface area contributed by atoms with Gasteiger partial charge >= 0.3 is 0 Å². The van der Waals surface area contributed by atoms with Crippen LogP contribution in [0.3, 0.4) is 0 Å². The summed E-state index contributed by atoms with van der Waals surface area (Å²) in [7, 11) is -4.24. The second-order valence-electron chi connectivity index (χ2n) is 2.58. The van der Waals surface area contributed by atoms with Crippen LogP contribution in [0.25, 0.3) is 0 Å². The Bertz CT molecular complexity index is 491. The Morgan fingerprint density at radius 1 is 1.47 bits per heavy atom. The Balaban J connectivity index is 3.68. The zero-order valence-electron chi connectivity index (χ0n) is 7.12. The first-order valence-corrected chi connectivity index (χ1v) is 6.12. The minimum absolute atomic E-state index is 0.0135. The van der Waals surface area contributed by atoms with Crippen molar-refractivity contribution in [3.8, 4) is 0 Å². The highest BCUT2D eigenvalue weighted by Gasteiger charge is 2.26. The summed E-state index contributed by atoms with van der Waals surface area (Å²) < 4.78 is 47.3. The number of halogens is 3. The monoisotopic (exact) mass is 349 g/mol. The minimum atomic E-state index is -4.24. The van der Waals surface area contributed by atoms with E-state index in [9.17, 15) is 17.2 Å². The highest BCUT2D eigenvalue weighted by atomic mass is 127. The SMILES string of the molecule is Nc1ncc(I)c(S(N)(=O)=O)c1C(F)F. The van der Waals surface area contributed by atoms with Crippen molar-refractivity contribution in [3.63, 3.8) is 0 Å². The van der Waals surface area contributed by atoms with Gasteiger partial charge in [0.25, 0.3) is 6.43 Å². The summed E-state index contributed by atoms with van der Waals surface area (Å²) in [6, 6.07) is 0. The molecule has 0 aromatic carbocycles. The van der Waals surface area contributed by atoms with Crippen LogP contribution < -0.4 is 10.9 Å². The maximum absolute atomic E-state index is 12.6. The lowest BCUT2D eigenvalue weighted by Crippen LogP contribution is -2.18. The molecule has 1 aromatic heterocycles. The summed E-state index contributed by atoms with van der Waals surface area (Å²) in [6.07, 6.45) is -1.97. The summed E-state index contributed by atoms with van der Waals surface area (Å²) in [6.45, 7) is 0. The molecule has 0 saturated heterocycles. The molecule has 0 aliphatic heterocycles. The fourth-order valence-electron chi connectivity index (χ4n) is 0.999. The Hall–Kier alpha value is -0.550. The van der Waals surface area contributed by atoms with Gasteiger partial charge in [-0.15, -0.1) is 0 Å². The number of sulfonamides is 1. The largest absolute Gasteiger partial charge is 0.383 e. The number of hydrogen-bond donors (Lipinski definition) is 2. The fourth-order valence-corrected chi connectivity index (χ4v) is 3.17. The molecule has 15 heavy (non-hydrogen) atoms. The lowest BCUT2D eigenvalue weighted by molar-refractivity contribution is 0.148. The molecule has 1 aromatic rings. The Kier molecular flexibility index (Phi) is 3.45. The van der Waals surface area contributed by atoms with E-state index in [2.05, 4.69) is 4.98 Å². The number of alkyl halides is 2. The van der Waals surface area contributed by atoms with Crippen molar-refractivity contribution >= 4 is 38.4 Å². The molecule has 1 rings (SSSR count). The molecule has 0 aliphatic rings. The van der Waals surface area contributed by atoms with Gasteiger partial charge in [0.15, 0.2) is 0 Å². The van der Waals surface area contributed by atoms with Gasteiger partial charge in [-0.3, -0.25) is 0 Å². The van der Waals surface area contributed by atoms with Crippen LogP contribution in [0.5, 0.6) is 0 Å². The molecule has 0 bridgehead atoms. The first-order chi connectivity index (χ1) is 6.75. The smallest absolute Gasteiger partial charge is 0.268 e. The normalized spacial score (nSPS) is 12.1. The molecule has 9 heteroatoms. The van der Waals surface area contributed by atoms with Crippen molar-refractivity contribution in [2.45, 2.75) is 11.3 Å². The van der Waals surface area contributed by atoms with E-state index >= 15 is 0 Å². The molecule has 0 atom stereocenters. The molecule has 0 saturated carbocycles. The summed E-state index contributed by atoms with van der Waals surface area (Å²) in [5.74, 6) is -0.533. The lowest BCUT2D eigenvalue weighted by atomic mass is 10.2. The molecule has 0 unspecified atom stereocenters. The second-order valence-corrected chi connectivity index (χ2v) is 5.24. The van der Waals surface area contributed by atoms with Gasteiger partial charge in [0.05, 0.1) is 9.13 Å². The van der Waals surface area contributed by atoms with Gasteiger partial charge in [0.1, 0.15) is 10.7 Å². The van der Waals surface area contributed by atoms with Crippen LogP contribution in [0.1, 0.15) is 12.0 Å². The molecule has 84 valence electrons. The van der Waals surface area contributed by atoms with Crippen LogP contribution in [0.2, 0.25) is 0 Å². The van der Waals surface area contributed by atoms with Crippen LogP contribution in [0.4, 0.5) is 14.6 Å². The fraction of sp³-hybridized carbons (Fsp3) is 0.167. The third kappa shape index (κ3) is 2.52. The summed E-state index contributed by atoms with van der Waals surface area (Å²) >= 11 is 1.55. The van der Waals surface area contributed by atoms with E-state index < -0.39 is 32.7 Å². The summed E-state index contributed by atoms with van der Waals surface area (Å²) in [4.78, 5) is 2.78. The molecular weight excluding hydrogens is 343 g/mol. The van der Waals surface area contributed by atoms with E-state index in [4.69, 9.17) is 10.9 Å². The van der Waals surface area contributed by atoms with Gasteiger partial charge in [0.2, 0.25) is 10.0 Å². The van der Waals surface area contributed by atoms with Crippen molar-refractivity contribution in [2.24, 2.45) is 5.14 Å². The average Bonchev–Trinajstić information content (AvgIpc) is 2.05. The number of nitrogens with two attached hydrogens (primary N) is 2. The van der Waals surface area contributed by atoms with Crippen LogP contribution in [0.15, 0.2) is 11.1 Å². The number of pyridine rings is 1. The maximum atomic E-state index is 12.6. The zero-order valence-corrected chi connectivity index (χ0v) is 10.1. The van der Waals surface area contributed by atoms with E-state index in [1.54, 1.807) is 22.6 Å². The highest BCUT2D eigenvalue weighted by molar-refractivity contribution is 14.1. The van der Waals surface area contributed by atoms with Crippen molar-refractivity contribution in [3.05, 3.63) is 15.3 Å². The summed E-state index contributed by atoms with van der Waals surface area (Å²) in [5, 5.41) is 4.82. The molecule has 5 nitrogen and oxygen atoms in total. The number of hydrogen-bond acceptors (Lipinski definition) is 4. The third-order valence-corrected chi connectivity index (χ3v) is 3.75. The van der Waals surface area contributed by atoms with Gasteiger partial charge < -0.3 is 5.73 Å². The Labute approximate surface area is 98.0 Å². The van der Waals surface area contributed by atoms with E-state index in [0.29, 0.717) is 0 Å². The maximum Gasteiger partial charge on any atom is 0.268 e. The van der Waals surface area contributed by atoms with E-state index in [1.807, 2.05) is 0 Å². The molecule has 0 fully saturated rings. The average molecular weight is 349 g/mol. The number of primary sulfonamides is 1. The lowest BCUT2D eigenvalue weighted by Gasteiger charge is -2.10. The highest BCUT2D eigenvalue weighted by Crippen LogP contribution is 2.32. The van der Waals surface area contributed by atoms with Crippen LogP contribution in [-0.2, 0) is 10.0 Å². The first kappa shape index (κ1) is 12.5. The predicted molar refractivity (Wildman–Crippen MR) is 57.7 cm³/mol. The molecule has 4 N–H and O–H groups in total. The van der Waals surface area contributed by atoms with Crippen molar-refractivity contribution < 1.29 is 17.2 Å². The first-order valence-electron chi connectivity index (χ1n) is 3.50. The molecule has 0 spiro atoms. The number of anilines is 1. The van der Waals surface area contributed by atoms with Crippen molar-refractivity contribution in [1.82, 2.24) is 4.98 Å². The minimum Gasteiger partial charge on any atom is -0.383 e. The molecule has 0 amide bonds. The number of rotatable bonds is 2. The molecule has 0 radical (unpaired) electrons. The van der Waals surface area contributed by atoms with Gasteiger partial charge in [-0.1, -0.05) is 0 Å². The van der Waals surface area contributed by atoms with E-state index in [-0.39, 0.29) is 3.57 Å².